The van der Waals surface area contributed by atoms with E-state index in [1.54, 1.807) is 39.6 Å². The van der Waals surface area contributed by atoms with Gasteiger partial charge in [-0.05, 0) is 81.7 Å². The zero-order chi connectivity index (χ0) is 38.1. The fourth-order valence-electron chi connectivity index (χ4n) is 7.28. The molecule has 0 radical (unpaired) electrons. The second-order valence-electron chi connectivity index (χ2n) is 15.9. The molecule has 1 saturated carbocycles. The van der Waals surface area contributed by atoms with Gasteiger partial charge in [0.15, 0.2) is 5.65 Å². The lowest BCUT2D eigenvalue weighted by Gasteiger charge is -2.47. The smallest absolute Gasteiger partial charge is 0.274 e. The van der Waals surface area contributed by atoms with Crippen LogP contribution in [-0.4, -0.2) is 119 Å². The number of hydrogen-bond acceptors (Lipinski definition) is 9. The van der Waals surface area contributed by atoms with Crippen LogP contribution in [0.5, 0.6) is 0 Å². The lowest BCUT2D eigenvalue weighted by Crippen LogP contribution is -2.62. The molecule has 5 rings (SSSR count). The normalized spacial score (nSPS) is 21.8. The number of benzene rings is 1. The van der Waals surface area contributed by atoms with Crippen molar-refractivity contribution < 1.29 is 39.2 Å². The van der Waals surface area contributed by atoms with E-state index < -0.39 is 30.0 Å². The lowest BCUT2D eigenvalue weighted by molar-refractivity contribution is -0.142. The summed E-state index contributed by atoms with van der Waals surface area (Å²) in [6.45, 7) is 12.4. The van der Waals surface area contributed by atoms with Crippen molar-refractivity contribution >= 4 is 23.4 Å². The first-order chi connectivity index (χ1) is 24.4. The maximum Gasteiger partial charge on any atom is 0.274 e. The highest BCUT2D eigenvalue weighted by Gasteiger charge is 2.42. The number of fused-ring (bicyclic) bond motifs is 1. The second-order valence-corrected chi connectivity index (χ2v) is 15.9. The number of carbonyl (C=O) groups excluding carboxylic acids is 3. The van der Waals surface area contributed by atoms with Crippen molar-refractivity contribution in [3.05, 3.63) is 53.6 Å². The molecule has 13 nitrogen and oxygen atoms in total. The Labute approximate surface area is 303 Å². The maximum absolute atomic E-state index is 14.0. The van der Waals surface area contributed by atoms with Crippen molar-refractivity contribution in [1.29, 1.82) is 0 Å². The Hall–Kier alpha value is -3.98. The number of aliphatic hydroxyl groups excluding tert-OH is 4. The summed E-state index contributed by atoms with van der Waals surface area (Å²) in [5, 5.41) is 47.3. The van der Waals surface area contributed by atoms with Crippen LogP contribution in [0.3, 0.4) is 0 Å². The van der Waals surface area contributed by atoms with Gasteiger partial charge in [0, 0.05) is 49.1 Å². The third kappa shape index (κ3) is 8.46. The molecule has 0 unspecified atom stereocenters. The first-order valence-electron chi connectivity index (χ1n) is 18.2. The molecule has 52 heavy (non-hydrogen) atoms. The number of imidazole rings is 1. The van der Waals surface area contributed by atoms with Gasteiger partial charge in [-0.1, -0.05) is 27.7 Å². The number of halogens is 1. The van der Waals surface area contributed by atoms with Gasteiger partial charge in [-0.3, -0.25) is 14.4 Å². The van der Waals surface area contributed by atoms with Crippen molar-refractivity contribution in [3.8, 4) is 11.3 Å². The highest BCUT2D eigenvalue weighted by atomic mass is 19.1. The van der Waals surface area contributed by atoms with Crippen LogP contribution in [0.1, 0.15) is 89.7 Å². The molecule has 2 fully saturated rings. The number of aliphatic hydroxyl groups is 4. The Kier molecular flexibility index (Phi) is 11.7. The SMILES string of the molecule is CC[C@@H](O)[C@@H](O)[C@H](O)[C@@H](O)CNC(=O)C1CCC(C(=O)N2CCN(C(=O)c3cn4nc(-c5ccc(F)cc5)cc(C(C)(C)C)c4n3)C(C)(C)C2)CC1. The predicted molar refractivity (Wildman–Crippen MR) is 192 cm³/mol. The number of aromatic nitrogens is 3. The zero-order valence-electron chi connectivity index (χ0n) is 30.9. The van der Waals surface area contributed by atoms with Crippen LogP contribution in [0.25, 0.3) is 16.9 Å². The van der Waals surface area contributed by atoms with E-state index in [2.05, 4.69) is 26.1 Å². The standard InChI is InChI=1S/C38H53FN6O7/c1-7-29(46)31(48)32(49)30(47)19-40-34(50)23-8-10-24(11-9-23)35(51)43-16-17-44(38(5,6)21-43)36(52)28-20-45-33(41-28)26(37(2,3)4)18-27(42-45)22-12-14-25(39)15-13-22/h12-15,18,20,23-24,29-32,46-49H,7-11,16-17,19,21H2,1-6H3,(H,40,50)/t23?,24?,29-,30+,31-,32-/m1/s1. The molecule has 3 heterocycles. The zero-order valence-corrected chi connectivity index (χ0v) is 30.9. The molecule has 0 spiro atoms. The quantitative estimate of drug-likeness (QED) is 0.210. The molecule has 3 amide bonds. The van der Waals surface area contributed by atoms with E-state index in [1.165, 1.54) is 12.1 Å². The van der Waals surface area contributed by atoms with Crippen molar-refractivity contribution in [2.45, 2.75) is 109 Å². The minimum Gasteiger partial charge on any atom is -0.390 e. The number of nitrogens with one attached hydrogen (secondary N) is 1. The van der Waals surface area contributed by atoms with Gasteiger partial charge < -0.3 is 35.5 Å². The fourth-order valence-corrected chi connectivity index (χ4v) is 7.28. The second kappa shape index (κ2) is 15.6. The molecule has 0 bridgehead atoms. The topological polar surface area (TPSA) is 181 Å². The molecule has 284 valence electrons. The fraction of sp³-hybridized carbons (Fsp3) is 0.605. The lowest BCUT2D eigenvalue weighted by atomic mass is 9.80. The molecule has 3 aromatic rings. The van der Waals surface area contributed by atoms with Crippen LogP contribution in [0, 0.1) is 17.7 Å². The van der Waals surface area contributed by atoms with Gasteiger partial charge in [-0.15, -0.1) is 0 Å². The molecule has 1 aromatic carbocycles. The number of piperazine rings is 1. The van der Waals surface area contributed by atoms with E-state index in [1.807, 2.05) is 19.9 Å². The van der Waals surface area contributed by atoms with Crippen LogP contribution in [0.4, 0.5) is 4.39 Å². The molecule has 2 aliphatic rings. The predicted octanol–water partition coefficient (Wildman–Crippen LogP) is 2.67. The van der Waals surface area contributed by atoms with Gasteiger partial charge in [0.1, 0.15) is 23.7 Å². The highest BCUT2D eigenvalue weighted by molar-refractivity contribution is 5.94. The molecular formula is C38H53FN6O7. The van der Waals surface area contributed by atoms with Crippen LogP contribution >= 0.6 is 0 Å². The van der Waals surface area contributed by atoms with E-state index in [9.17, 15) is 39.2 Å². The van der Waals surface area contributed by atoms with Gasteiger partial charge in [0.05, 0.1) is 29.6 Å². The van der Waals surface area contributed by atoms with E-state index in [0.717, 1.165) is 11.1 Å². The Bertz CT molecular complexity index is 1750. The molecule has 4 atom stereocenters. The largest absolute Gasteiger partial charge is 0.390 e. The Morgan fingerprint density at radius 1 is 0.962 bits per heavy atom. The van der Waals surface area contributed by atoms with Gasteiger partial charge >= 0.3 is 0 Å². The van der Waals surface area contributed by atoms with Crippen molar-refractivity contribution in [1.82, 2.24) is 29.7 Å². The summed E-state index contributed by atoms with van der Waals surface area (Å²) in [5.74, 6) is -1.49. The average molecular weight is 725 g/mol. The number of hydrogen-bond donors (Lipinski definition) is 5. The van der Waals surface area contributed by atoms with E-state index in [0.29, 0.717) is 56.7 Å². The minimum atomic E-state index is -1.61. The van der Waals surface area contributed by atoms with Gasteiger partial charge in [-0.25, -0.2) is 13.9 Å². The summed E-state index contributed by atoms with van der Waals surface area (Å²) >= 11 is 0. The highest BCUT2D eigenvalue weighted by Crippen LogP contribution is 2.33. The summed E-state index contributed by atoms with van der Waals surface area (Å²) in [6.07, 6.45) is -1.93. The Balaban J connectivity index is 1.19. The molecule has 1 saturated heterocycles. The maximum atomic E-state index is 14.0. The van der Waals surface area contributed by atoms with Crippen LogP contribution in [0.2, 0.25) is 0 Å². The average Bonchev–Trinajstić information content (AvgIpc) is 3.55. The van der Waals surface area contributed by atoms with E-state index in [4.69, 9.17) is 10.1 Å². The monoisotopic (exact) mass is 724 g/mol. The van der Waals surface area contributed by atoms with Gasteiger partial charge in [-0.2, -0.15) is 5.10 Å². The number of amides is 3. The van der Waals surface area contributed by atoms with Crippen molar-refractivity contribution in [2.75, 3.05) is 26.2 Å². The van der Waals surface area contributed by atoms with Crippen LogP contribution in [0.15, 0.2) is 36.5 Å². The Morgan fingerprint density at radius 2 is 1.58 bits per heavy atom. The number of carbonyl (C=O) groups is 3. The number of nitrogens with zero attached hydrogens (tertiary/aromatic N) is 5. The number of rotatable bonds is 10. The third-order valence-electron chi connectivity index (χ3n) is 10.5. The summed E-state index contributed by atoms with van der Waals surface area (Å²) in [7, 11) is 0. The van der Waals surface area contributed by atoms with Gasteiger partial charge in [0.2, 0.25) is 11.8 Å². The van der Waals surface area contributed by atoms with Crippen LogP contribution < -0.4 is 5.32 Å². The molecule has 1 aliphatic heterocycles. The summed E-state index contributed by atoms with van der Waals surface area (Å²) in [5.41, 5.74) is 2.06. The van der Waals surface area contributed by atoms with Crippen LogP contribution in [-0.2, 0) is 15.0 Å². The van der Waals surface area contributed by atoms with E-state index in [-0.39, 0.29) is 59.4 Å². The first-order valence-corrected chi connectivity index (χ1v) is 18.2. The molecular weight excluding hydrogens is 671 g/mol. The minimum absolute atomic E-state index is 0.00104. The molecule has 2 aromatic heterocycles. The summed E-state index contributed by atoms with van der Waals surface area (Å²) in [4.78, 5) is 48.8. The van der Waals surface area contributed by atoms with Gasteiger partial charge in [0.25, 0.3) is 5.91 Å². The molecule has 1 aliphatic carbocycles. The van der Waals surface area contributed by atoms with Crippen molar-refractivity contribution in [3.63, 3.8) is 0 Å². The summed E-state index contributed by atoms with van der Waals surface area (Å²) < 4.78 is 15.2. The molecule has 5 N–H and O–H groups in total. The van der Waals surface area contributed by atoms with Crippen molar-refractivity contribution in [2.24, 2.45) is 11.8 Å². The first kappa shape index (κ1) is 39.2. The Morgan fingerprint density at radius 3 is 2.17 bits per heavy atom. The summed E-state index contributed by atoms with van der Waals surface area (Å²) in [6, 6.07) is 8.04. The third-order valence-corrected chi connectivity index (χ3v) is 10.5. The van der Waals surface area contributed by atoms with E-state index >= 15 is 0 Å². The molecule has 14 heteroatoms.